The molecule has 1 N–H and O–H groups in total. The predicted octanol–water partition coefficient (Wildman–Crippen LogP) is 2.09. The van der Waals surface area contributed by atoms with Crippen LogP contribution in [-0.2, 0) is 4.79 Å². The second kappa shape index (κ2) is 3.48. The van der Waals surface area contributed by atoms with Crippen LogP contribution in [0.1, 0.15) is 38.5 Å². The van der Waals surface area contributed by atoms with Gasteiger partial charge in [0.15, 0.2) is 0 Å². The zero-order valence-corrected chi connectivity index (χ0v) is 8.06. The molecule has 0 aromatic rings. The number of amides is 1. The molecule has 2 fully saturated rings. The fraction of sp³-hybridized carbons (Fsp3) is 0.900. The lowest BCUT2D eigenvalue weighted by Gasteiger charge is -2.31. The standard InChI is InChI=1S/C10H15F2NO/c11-10(12)5-3-7(4-6-10)8-1-2-9(14)13-8/h7-8H,1-6H2,(H,13,14)/t8-/m0/s1. The van der Waals surface area contributed by atoms with Gasteiger partial charge in [-0.1, -0.05) is 0 Å². The normalized spacial score (nSPS) is 33.0. The molecule has 1 amide bonds. The van der Waals surface area contributed by atoms with Gasteiger partial charge in [0, 0.05) is 25.3 Å². The molecule has 0 bridgehead atoms. The molecule has 4 heteroatoms. The molecule has 2 nitrogen and oxygen atoms in total. The average Bonchev–Trinajstić information content (AvgIpc) is 2.52. The summed E-state index contributed by atoms with van der Waals surface area (Å²) in [4.78, 5) is 11.0. The van der Waals surface area contributed by atoms with Crippen molar-refractivity contribution in [3.63, 3.8) is 0 Å². The second-order valence-corrected chi connectivity index (χ2v) is 4.41. The van der Waals surface area contributed by atoms with Crippen molar-refractivity contribution >= 4 is 5.91 Å². The first-order valence-corrected chi connectivity index (χ1v) is 5.24. The summed E-state index contributed by atoms with van der Waals surface area (Å²) in [5.41, 5.74) is 0. The number of hydrogen-bond donors (Lipinski definition) is 1. The third kappa shape index (κ3) is 2.04. The zero-order valence-electron chi connectivity index (χ0n) is 8.06. The largest absolute Gasteiger partial charge is 0.353 e. The van der Waals surface area contributed by atoms with Gasteiger partial charge in [0.05, 0.1) is 0 Å². The number of carbonyl (C=O) groups is 1. The molecule has 1 aliphatic heterocycles. The lowest BCUT2D eigenvalue weighted by molar-refractivity contribution is -0.119. The molecule has 0 radical (unpaired) electrons. The molecule has 2 rings (SSSR count). The van der Waals surface area contributed by atoms with Gasteiger partial charge in [-0.2, -0.15) is 0 Å². The quantitative estimate of drug-likeness (QED) is 0.694. The number of hydrogen-bond acceptors (Lipinski definition) is 1. The first-order valence-electron chi connectivity index (χ1n) is 5.24. The molecule has 80 valence electrons. The summed E-state index contributed by atoms with van der Waals surface area (Å²) in [6.45, 7) is 0. The fourth-order valence-electron chi connectivity index (χ4n) is 2.46. The number of nitrogens with one attached hydrogen (secondary N) is 1. The summed E-state index contributed by atoms with van der Waals surface area (Å²) in [7, 11) is 0. The van der Waals surface area contributed by atoms with Crippen molar-refractivity contribution in [1.29, 1.82) is 0 Å². The van der Waals surface area contributed by atoms with Gasteiger partial charge in [-0.25, -0.2) is 8.78 Å². The number of carbonyl (C=O) groups excluding carboxylic acids is 1. The van der Waals surface area contributed by atoms with Crippen molar-refractivity contribution in [2.45, 2.75) is 50.5 Å². The highest BCUT2D eigenvalue weighted by Gasteiger charge is 2.39. The summed E-state index contributed by atoms with van der Waals surface area (Å²) in [6.07, 6.45) is 2.48. The van der Waals surface area contributed by atoms with Crippen molar-refractivity contribution in [2.75, 3.05) is 0 Å². The molecule has 14 heavy (non-hydrogen) atoms. The molecule has 0 aromatic heterocycles. The van der Waals surface area contributed by atoms with Crippen molar-refractivity contribution < 1.29 is 13.6 Å². The Balaban J connectivity index is 1.86. The number of rotatable bonds is 1. The molecule has 0 aromatic carbocycles. The topological polar surface area (TPSA) is 29.1 Å². The Hall–Kier alpha value is -0.670. The van der Waals surface area contributed by atoms with E-state index in [4.69, 9.17) is 0 Å². The van der Waals surface area contributed by atoms with E-state index in [-0.39, 0.29) is 30.7 Å². The predicted molar refractivity (Wildman–Crippen MR) is 48.1 cm³/mol. The molecular weight excluding hydrogens is 188 g/mol. The Kier molecular flexibility index (Phi) is 2.45. The summed E-state index contributed by atoms with van der Waals surface area (Å²) in [5.74, 6) is -2.10. The van der Waals surface area contributed by atoms with Crippen molar-refractivity contribution in [3.05, 3.63) is 0 Å². The summed E-state index contributed by atoms with van der Waals surface area (Å²) < 4.78 is 25.7. The Morgan fingerprint density at radius 1 is 1.21 bits per heavy atom. The lowest BCUT2D eigenvalue weighted by Crippen LogP contribution is -2.37. The molecule has 1 saturated carbocycles. The summed E-state index contributed by atoms with van der Waals surface area (Å²) in [5, 5.41) is 2.87. The van der Waals surface area contributed by atoms with Crippen molar-refractivity contribution in [1.82, 2.24) is 5.32 Å². The number of alkyl halides is 2. The van der Waals surface area contributed by atoms with E-state index in [1.165, 1.54) is 0 Å². The van der Waals surface area contributed by atoms with E-state index in [2.05, 4.69) is 5.32 Å². The van der Waals surface area contributed by atoms with Crippen LogP contribution in [-0.4, -0.2) is 17.9 Å². The maximum absolute atomic E-state index is 12.9. The van der Waals surface area contributed by atoms with Gasteiger partial charge in [0.1, 0.15) is 0 Å². The molecular formula is C10H15F2NO. The Morgan fingerprint density at radius 2 is 1.86 bits per heavy atom. The van der Waals surface area contributed by atoms with E-state index in [1.807, 2.05) is 0 Å². The van der Waals surface area contributed by atoms with E-state index in [1.54, 1.807) is 0 Å². The van der Waals surface area contributed by atoms with Crippen molar-refractivity contribution in [2.24, 2.45) is 5.92 Å². The monoisotopic (exact) mass is 203 g/mol. The van der Waals surface area contributed by atoms with Gasteiger partial charge in [-0.05, 0) is 25.2 Å². The van der Waals surface area contributed by atoms with Gasteiger partial charge in [-0.15, -0.1) is 0 Å². The minimum atomic E-state index is -2.46. The van der Waals surface area contributed by atoms with E-state index < -0.39 is 5.92 Å². The Bertz CT molecular complexity index is 232. The third-order valence-electron chi connectivity index (χ3n) is 3.36. The lowest BCUT2D eigenvalue weighted by atomic mass is 9.81. The first-order chi connectivity index (χ1) is 6.57. The molecule has 1 aliphatic carbocycles. The minimum absolute atomic E-state index is 0.00988. The van der Waals surface area contributed by atoms with E-state index in [9.17, 15) is 13.6 Å². The van der Waals surface area contributed by atoms with Crippen LogP contribution >= 0.6 is 0 Å². The van der Waals surface area contributed by atoms with Gasteiger partial charge in [0.2, 0.25) is 11.8 Å². The van der Waals surface area contributed by atoms with Crippen LogP contribution in [0.2, 0.25) is 0 Å². The molecule has 1 heterocycles. The van der Waals surface area contributed by atoms with Gasteiger partial charge in [-0.3, -0.25) is 4.79 Å². The van der Waals surface area contributed by atoms with Crippen molar-refractivity contribution in [3.8, 4) is 0 Å². The van der Waals surface area contributed by atoms with Crippen LogP contribution < -0.4 is 5.32 Å². The molecule has 0 unspecified atom stereocenters. The Morgan fingerprint density at radius 3 is 2.36 bits per heavy atom. The minimum Gasteiger partial charge on any atom is -0.353 e. The van der Waals surface area contributed by atoms with Gasteiger partial charge < -0.3 is 5.32 Å². The van der Waals surface area contributed by atoms with E-state index in [0.717, 1.165) is 6.42 Å². The molecule has 0 spiro atoms. The highest BCUT2D eigenvalue weighted by Crippen LogP contribution is 2.38. The maximum Gasteiger partial charge on any atom is 0.248 e. The second-order valence-electron chi connectivity index (χ2n) is 4.41. The third-order valence-corrected chi connectivity index (χ3v) is 3.36. The summed E-state index contributed by atoms with van der Waals surface area (Å²) in [6, 6.07) is 0.165. The maximum atomic E-state index is 12.9. The SMILES string of the molecule is O=C1CC[C@@H](C2CCC(F)(F)CC2)N1. The van der Waals surface area contributed by atoms with Crippen LogP contribution in [0.3, 0.4) is 0 Å². The molecule has 2 aliphatic rings. The molecule has 1 atom stereocenters. The van der Waals surface area contributed by atoms with Gasteiger partial charge in [0.25, 0.3) is 0 Å². The summed E-state index contributed by atoms with van der Waals surface area (Å²) >= 11 is 0. The zero-order chi connectivity index (χ0) is 10.2. The van der Waals surface area contributed by atoms with Crippen LogP contribution in [0.5, 0.6) is 0 Å². The number of halogens is 2. The Labute approximate surface area is 82.1 Å². The highest BCUT2D eigenvalue weighted by atomic mass is 19.3. The highest BCUT2D eigenvalue weighted by molar-refractivity contribution is 5.78. The van der Waals surface area contributed by atoms with Crippen LogP contribution in [0.4, 0.5) is 8.78 Å². The first kappa shape index (κ1) is 9.87. The molecule has 1 saturated heterocycles. The van der Waals surface area contributed by atoms with Crippen LogP contribution in [0.25, 0.3) is 0 Å². The fourth-order valence-corrected chi connectivity index (χ4v) is 2.46. The average molecular weight is 203 g/mol. The van der Waals surface area contributed by atoms with Crippen LogP contribution in [0.15, 0.2) is 0 Å². The van der Waals surface area contributed by atoms with Crippen LogP contribution in [0, 0.1) is 5.92 Å². The van der Waals surface area contributed by atoms with Gasteiger partial charge >= 0.3 is 0 Å². The van der Waals surface area contributed by atoms with E-state index in [0.29, 0.717) is 19.3 Å². The smallest absolute Gasteiger partial charge is 0.248 e. The van der Waals surface area contributed by atoms with E-state index >= 15 is 0 Å².